The van der Waals surface area contributed by atoms with Crippen LogP contribution in [-0.4, -0.2) is 35.9 Å². The SMILES string of the molecule is Cl.Oc1ccc2c(c1)[C@@]13CCCC[C@@H]1[C@@H](C2)N(CCc1ccc2c(c1)OCO2)CC3. The molecule has 5 heteroatoms. The molecular weight excluding hydrogens is 398 g/mol. The quantitative estimate of drug-likeness (QED) is 0.760. The Morgan fingerprint density at radius 1 is 1.03 bits per heavy atom. The van der Waals surface area contributed by atoms with Crippen LogP contribution in [-0.2, 0) is 18.3 Å². The normalized spacial score (nSPS) is 28.9. The Bertz CT molecular complexity index is 948. The van der Waals surface area contributed by atoms with Crippen LogP contribution >= 0.6 is 12.4 Å². The first-order chi connectivity index (χ1) is 14.2. The number of benzene rings is 2. The number of aromatic hydroxyl groups is 1. The molecule has 160 valence electrons. The van der Waals surface area contributed by atoms with E-state index in [2.05, 4.69) is 29.2 Å². The standard InChI is InChI=1S/C25H29NO3.ClH/c27-19-6-5-18-14-22-20-3-1-2-9-25(20,21(18)15-19)10-12-26(22)11-8-17-4-7-23-24(13-17)29-16-28-23;/h4-7,13,15,20,22,27H,1-3,8-12,14,16H2;1H/t20-,22-,25-;/m1./s1. The molecule has 30 heavy (non-hydrogen) atoms. The molecule has 2 heterocycles. The number of hydrogen-bond acceptors (Lipinski definition) is 4. The van der Waals surface area contributed by atoms with E-state index in [-0.39, 0.29) is 12.4 Å². The second kappa shape index (κ2) is 7.65. The lowest BCUT2D eigenvalue weighted by molar-refractivity contribution is -0.0106. The van der Waals surface area contributed by atoms with Crippen LogP contribution in [0.15, 0.2) is 36.4 Å². The predicted octanol–water partition coefficient (Wildman–Crippen LogP) is 4.84. The number of halogens is 1. The van der Waals surface area contributed by atoms with Gasteiger partial charge in [0.1, 0.15) is 5.75 Å². The molecule has 0 radical (unpaired) electrons. The third-order valence-electron chi connectivity index (χ3n) is 8.06. The zero-order chi connectivity index (χ0) is 19.4. The van der Waals surface area contributed by atoms with Crippen LogP contribution in [0.2, 0.25) is 0 Å². The fourth-order valence-electron chi connectivity index (χ4n) is 6.72. The number of nitrogens with zero attached hydrogens (tertiary/aromatic N) is 1. The Hall–Kier alpha value is -1.91. The van der Waals surface area contributed by atoms with E-state index in [4.69, 9.17) is 9.47 Å². The van der Waals surface area contributed by atoms with Crippen LogP contribution in [0.25, 0.3) is 0 Å². The van der Waals surface area contributed by atoms with E-state index in [1.807, 2.05) is 12.1 Å². The molecule has 1 saturated heterocycles. The summed E-state index contributed by atoms with van der Waals surface area (Å²) >= 11 is 0. The van der Waals surface area contributed by atoms with Crippen molar-refractivity contribution >= 4 is 12.4 Å². The van der Waals surface area contributed by atoms with Crippen molar-refractivity contribution in [2.24, 2.45) is 5.92 Å². The Morgan fingerprint density at radius 3 is 2.87 bits per heavy atom. The highest BCUT2D eigenvalue weighted by Crippen LogP contribution is 2.56. The summed E-state index contributed by atoms with van der Waals surface area (Å²) in [4.78, 5) is 2.76. The van der Waals surface area contributed by atoms with Gasteiger partial charge >= 0.3 is 0 Å². The average molecular weight is 428 g/mol. The van der Waals surface area contributed by atoms with Crippen LogP contribution in [0.3, 0.4) is 0 Å². The van der Waals surface area contributed by atoms with Gasteiger partial charge in [-0.25, -0.2) is 0 Å². The molecule has 3 atom stereocenters. The third-order valence-corrected chi connectivity index (χ3v) is 8.06. The number of piperidine rings is 1. The summed E-state index contributed by atoms with van der Waals surface area (Å²) in [6, 6.07) is 13.2. The number of phenols is 1. The summed E-state index contributed by atoms with van der Waals surface area (Å²) in [6.07, 6.45) is 8.72. The van der Waals surface area contributed by atoms with E-state index < -0.39 is 0 Å². The highest BCUT2D eigenvalue weighted by atomic mass is 35.5. The van der Waals surface area contributed by atoms with Gasteiger partial charge in [-0.1, -0.05) is 25.0 Å². The van der Waals surface area contributed by atoms with Crippen molar-refractivity contribution in [3.63, 3.8) is 0 Å². The van der Waals surface area contributed by atoms with E-state index in [0.717, 1.165) is 36.8 Å². The molecule has 0 amide bonds. The van der Waals surface area contributed by atoms with Crippen molar-refractivity contribution < 1.29 is 14.6 Å². The molecule has 2 aliphatic heterocycles. The van der Waals surface area contributed by atoms with Gasteiger partial charge in [0.05, 0.1) is 0 Å². The van der Waals surface area contributed by atoms with Crippen LogP contribution in [0.4, 0.5) is 0 Å². The third kappa shape index (κ3) is 3.07. The molecule has 1 N–H and O–H groups in total. The second-order valence-electron chi connectivity index (χ2n) is 9.34. The van der Waals surface area contributed by atoms with Gasteiger partial charge in [0.2, 0.25) is 6.79 Å². The lowest BCUT2D eigenvalue weighted by atomic mass is 9.52. The Balaban J connectivity index is 0.00000193. The molecule has 2 aromatic rings. The number of phenolic OH excluding ortho intramolecular Hbond substituents is 1. The van der Waals surface area contributed by atoms with Crippen molar-refractivity contribution in [3.05, 3.63) is 53.1 Å². The van der Waals surface area contributed by atoms with Gasteiger partial charge in [-0.2, -0.15) is 0 Å². The molecule has 1 saturated carbocycles. The van der Waals surface area contributed by atoms with E-state index in [9.17, 15) is 5.11 Å². The Labute approximate surface area is 184 Å². The van der Waals surface area contributed by atoms with E-state index >= 15 is 0 Å². The van der Waals surface area contributed by atoms with E-state index in [0.29, 0.717) is 24.0 Å². The molecule has 6 rings (SSSR count). The van der Waals surface area contributed by atoms with Gasteiger partial charge in [-0.05, 0) is 85.5 Å². The van der Waals surface area contributed by atoms with E-state index in [1.165, 1.54) is 55.3 Å². The van der Waals surface area contributed by atoms with Gasteiger partial charge in [0.15, 0.2) is 11.5 Å². The topological polar surface area (TPSA) is 41.9 Å². The number of fused-ring (bicyclic) bond motifs is 2. The van der Waals surface area contributed by atoms with Crippen LogP contribution in [0.1, 0.15) is 48.8 Å². The maximum Gasteiger partial charge on any atom is 0.231 e. The zero-order valence-electron chi connectivity index (χ0n) is 17.3. The monoisotopic (exact) mass is 427 g/mol. The second-order valence-corrected chi connectivity index (χ2v) is 9.34. The number of hydrogen-bond donors (Lipinski definition) is 1. The highest BCUT2D eigenvalue weighted by Gasteiger charge is 2.53. The van der Waals surface area contributed by atoms with Crippen LogP contribution < -0.4 is 9.47 Å². The first-order valence-corrected chi connectivity index (χ1v) is 11.2. The lowest BCUT2D eigenvalue weighted by Gasteiger charge is -2.59. The minimum Gasteiger partial charge on any atom is -0.508 e. The molecule has 4 aliphatic rings. The van der Waals surface area contributed by atoms with Gasteiger partial charge in [-0.3, -0.25) is 4.90 Å². The average Bonchev–Trinajstić information content (AvgIpc) is 3.21. The van der Waals surface area contributed by atoms with Crippen molar-refractivity contribution in [2.45, 2.75) is 56.4 Å². The van der Waals surface area contributed by atoms with Gasteiger partial charge < -0.3 is 14.6 Å². The van der Waals surface area contributed by atoms with Gasteiger partial charge in [0, 0.05) is 18.0 Å². The summed E-state index contributed by atoms with van der Waals surface area (Å²) in [5.74, 6) is 2.92. The molecule has 2 aromatic carbocycles. The van der Waals surface area contributed by atoms with Gasteiger partial charge in [-0.15, -0.1) is 12.4 Å². The summed E-state index contributed by atoms with van der Waals surface area (Å²) in [6.45, 7) is 2.61. The molecular formula is C25H30ClNO3. The van der Waals surface area contributed by atoms with Crippen molar-refractivity contribution in [1.29, 1.82) is 0 Å². The molecule has 0 aromatic heterocycles. The zero-order valence-corrected chi connectivity index (χ0v) is 18.1. The Kier molecular flexibility index (Phi) is 5.11. The smallest absolute Gasteiger partial charge is 0.231 e. The minimum atomic E-state index is 0. The Morgan fingerprint density at radius 2 is 1.93 bits per heavy atom. The number of rotatable bonds is 3. The first kappa shape index (κ1) is 20.0. The van der Waals surface area contributed by atoms with Crippen molar-refractivity contribution in [2.75, 3.05) is 19.9 Å². The molecule has 2 aliphatic carbocycles. The number of ether oxygens (including phenoxy) is 2. The molecule has 0 spiro atoms. The van der Waals surface area contributed by atoms with Gasteiger partial charge in [0.25, 0.3) is 0 Å². The highest BCUT2D eigenvalue weighted by molar-refractivity contribution is 5.85. The molecule has 2 bridgehead atoms. The summed E-state index contributed by atoms with van der Waals surface area (Å²) in [5.41, 5.74) is 4.56. The minimum absolute atomic E-state index is 0. The lowest BCUT2D eigenvalue weighted by Crippen LogP contribution is -2.61. The van der Waals surface area contributed by atoms with E-state index in [1.54, 1.807) is 0 Å². The molecule has 0 unspecified atom stereocenters. The fraction of sp³-hybridized carbons (Fsp3) is 0.520. The molecule has 2 fully saturated rings. The summed E-state index contributed by atoms with van der Waals surface area (Å²) in [5, 5.41) is 10.2. The predicted molar refractivity (Wildman–Crippen MR) is 119 cm³/mol. The fourth-order valence-corrected chi connectivity index (χ4v) is 6.72. The summed E-state index contributed by atoms with van der Waals surface area (Å²) < 4.78 is 11.0. The first-order valence-electron chi connectivity index (χ1n) is 11.2. The van der Waals surface area contributed by atoms with Crippen molar-refractivity contribution in [1.82, 2.24) is 4.90 Å². The maximum atomic E-state index is 10.2. The summed E-state index contributed by atoms with van der Waals surface area (Å²) in [7, 11) is 0. The van der Waals surface area contributed by atoms with Crippen LogP contribution in [0, 0.1) is 5.92 Å². The van der Waals surface area contributed by atoms with Crippen LogP contribution in [0.5, 0.6) is 17.2 Å². The molecule has 4 nitrogen and oxygen atoms in total. The van der Waals surface area contributed by atoms with Crippen molar-refractivity contribution in [3.8, 4) is 17.2 Å². The number of likely N-dealkylation sites (tertiary alicyclic amines) is 1. The largest absolute Gasteiger partial charge is 0.508 e. The maximum absolute atomic E-state index is 10.2.